The number of allylic oxidation sites excluding steroid dienone is 1. The number of halogens is 2. The number of rotatable bonds is 10. The number of pyridine rings is 1. The van der Waals surface area contributed by atoms with Crippen molar-refractivity contribution in [2.24, 2.45) is 0 Å². The van der Waals surface area contributed by atoms with E-state index in [2.05, 4.69) is 16.5 Å². The number of ether oxygens (including phenoxy) is 2. The Bertz CT molecular complexity index is 1490. The predicted octanol–water partition coefficient (Wildman–Crippen LogP) is 6.23. The number of aromatic nitrogens is 1. The lowest BCUT2D eigenvalue weighted by Gasteiger charge is -2.37. The van der Waals surface area contributed by atoms with E-state index >= 15 is 4.39 Å². The molecule has 1 N–H and O–H groups in total. The predicted molar refractivity (Wildman–Crippen MR) is 154 cm³/mol. The van der Waals surface area contributed by atoms with Gasteiger partial charge in [0.15, 0.2) is 11.6 Å². The Hall–Kier alpha value is -4.31. The van der Waals surface area contributed by atoms with Gasteiger partial charge in [-0.15, -0.1) is 6.58 Å². The SMILES string of the molecule is C=CCCc1ccc(-c2ccc(OCC)nc2CN2CCC3(CC2)CN(c2ccc(C(=O)O)cc2)C(=O)O3)c(F)c1F. The number of anilines is 1. The molecule has 2 aromatic carbocycles. The van der Waals surface area contributed by atoms with Crippen LogP contribution in [0.4, 0.5) is 19.3 Å². The van der Waals surface area contributed by atoms with Gasteiger partial charge in [0.25, 0.3) is 0 Å². The lowest BCUT2D eigenvalue weighted by molar-refractivity contribution is -0.00124. The van der Waals surface area contributed by atoms with Crippen molar-refractivity contribution in [2.45, 2.75) is 44.8 Å². The van der Waals surface area contributed by atoms with E-state index in [0.717, 1.165) is 0 Å². The van der Waals surface area contributed by atoms with Gasteiger partial charge < -0.3 is 14.6 Å². The van der Waals surface area contributed by atoms with Crippen LogP contribution < -0.4 is 9.64 Å². The number of carbonyl (C=O) groups is 2. The number of carbonyl (C=O) groups excluding carboxylic acids is 1. The van der Waals surface area contributed by atoms with E-state index in [0.29, 0.717) is 86.9 Å². The lowest BCUT2D eigenvalue weighted by atomic mass is 9.91. The number of aromatic carboxylic acids is 1. The van der Waals surface area contributed by atoms with E-state index < -0.39 is 29.3 Å². The summed E-state index contributed by atoms with van der Waals surface area (Å²) in [5.74, 6) is -2.40. The van der Waals surface area contributed by atoms with E-state index in [9.17, 15) is 14.0 Å². The summed E-state index contributed by atoms with van der Waals surface area (Å²) < 4.78 is 41.7. The van der Waals surface area contributed by atoms with Gasteiger partial charge in [0.05, 0.1) is 24.4 Å². The summed E-state index contributed by atoms with van der Waals surface area (Å²) in [6, 6.07) is 12.7. The van der Waals surface area contributed by atoms with E-state index in [1.165, 1.54) is 17.0 Å². The number of benzene rings is 2. The topological polar surface area (TPSA) is 92.2 Å². The van der Waals surface area contributed by atoms with Crippen molar-refractivity contribution < 1.29 is 33.0 Å². The van der Waals surface area contributed by atoms with Crippen molar-refractivity contribution in [3.63, 3.8) is 0 Å². The van der Waals surface area contributed by atoms with E-state index in [4.69, 9.17) is 14.6 Å². The van der Waals surface area contributed by atoms with Gasteiger partial charge in [0, 0.05) is 55.4 Å². The second-order valence-electron chi connectivity index (χ2n) is 10.6. The third kappa shape index (κ3) is 5.99. The molecule has 1 spiro atoms. The fraction of sp³-hybridized carbons (Fsp3) is 0.344. The fourth-order valence-corrected chi connectivity index (χ4v) is 5.52. The van der Waals surface area contributed by atoms with Crippen LogP contribution in [0.3, 0.4) is 0 Å². The number of aryl methyl sites for hydroxylation is 1. The van der Waals surface area contributed by atoms with E-state index in [1.807, 2.05) is 6.92 Å². The number of nitrogens with zero attached hydrogens (tertiary/aromatic N) is 3. The molecule has 42 heavy (non-hydrogen) atoms. The molecule has 1 aromatic heterocycles. The first-order valence-electron chi connectivity index (χ1n) is 14.0. The van der Waals surface area contributed by atoms with Gasteiger partial charge in [-0.1, -0.05) is 18.2 Å². The standard InChI is InChI=1S/C32H33F2N3O5/c1-3-5-6-21-9-12-25(29(34)28(21)33)24-13-14-27(41-4-2)35-26(24)19-36-17-15-32(16-18-36)20-37(31(40)42-32)23-10-7-22(8-11-23)30(38)39/h3,7-14H,1,4-6,15-20H2,2H3,(H,38,39). The van der Waals surface area contributed by atoms with Gasteiger partial charge in [0.1, 0.15) is 5.60 Å². The number of hydrogen-bond donors (Lipinski definition) is 1. The molecule has 2 saturated heterocycles. The van der Waals surface area contributed by atoms with Gasteiger partial charge in [0.2, 0.25) is 5.88 Å². The molecule has 0 bridgehead atoms. The van der Waals surface area contributed by atoms with Crippen molar-refractivity contribution in [1.29, 1.82) is 0 Å². The van der Waals surface area contributed by atoms with Crippen molar-refractivity contribution >= 4 is 17.7 Å². The highest BCUT2D eigenvalue weighted by Gasteiger charge is 2.47. The van der Waals surface area contributed by atoms with Crippen LogP contribution in [0.15, 0.2) is 61.2 Å². The summed E-state index contributed by atoms with van der Waals surface area (Å²) in [5.41, 5.74) is 1.56. The van der Waals surface area contributed by atoms with Crippen LogP contribution in [0.1, 0.15) is 47.8 Å². The van der Waals surface area contributed by atoms with Gasteiger partial charge in [-0.3, -0.25) is 9.80 Å². The van der Waals surface area contributed by atoms with Crippen molar-refractivity contribution in [3.8, 4) is 17.0 Å². The minimum absolute atomic E-state index is 0.141. The summed E-state index contributed by atoms with van der Waals surface area (Å²) in [6.45, 7) is 7.84. The molecule has 0 atom stereocenters. The Balaban J connectivity index is 1.32. The molecular formula is C32H33F2N3O5. The first-order chi connectivity index (χ1) is 20.2. The normalized spacial score (nSPS) is 16.5. The zero-order chi connectivity index (χ0) is 29.9. The Kier molecular flexibility index (Phi) is 8.54. The minimum Gasteiger partial charge on any atom is -0.478 e. The molecule has 0 aliphatic carbocycles. The molecule has 0 radical (unpaired) electrons. The largest absolute Gasteiger partial charge is 0.478 e. The maximum absolute atomic E-state index is 15.3. The number of piperidine rings is 1. The molecular weight excluding hydrogens is 544 g/mol. The van der Waals surface area contributed by atoms with Crippen LogP contribution in [-0.4, -0.2) is 58.9 Å². The van der Waals surface area contributed by atoms with Gasteiger partial charge in [-0.05, 0) is 55.7 Å². The quantitative estimate of drug-likeness (QED) is 0.286. The second kappa shape index (κ2) is 12.3. The van der Waals surface area contributed by atoms with Gasteiger partial charge in [-0.25, -0.2) is 23.4 Å². The molecule has 3 heterocycles. The smallest absolute Gasteiger partial charge is 0.415 e. The molecule has 220 valence electrons. The maximum atomic E-state index is 15.3. The van der Waals surface area contributed by atoms with Crippen LogP contribution in [0, 0.1) is 11.6 Å². The molecule has 2 aliphatic heterocycles. The summed E-state index contributed by atoms with van der Waals surface area (Å²) in [5, 5.41) is 9.15. The zero-order valence-corrected chi connectivity index (χ0v) is 23.4. The number of carboxylic acid groups (broad SMARTS) is 1. The molecule has 5 rings (SSSR count). The summed E-state index contributed by atoms with van der Waals surface area (Å²) >= 11 is 0. The first-order valence-corrected chi connectivity index (χ1v) is 14.0. The van der Waals surface area contributed by atoms with Gasteiger partial charge in [-0.2, -0.15) is 0 Å². The Labute approximate surface area is 243 Å². The van der Waals surface area contributed by atoms with Crippen LogP contribution in [0.2, 0.25) is 0 Å². The molecule has 0 saturated carbocycles. The number of carboxylic acids is 1. The molecule has 3 aromatic rings. The van der Waals surface area contributed by atoms with E-state index in [-0.39, 0.29) is 11.1 Å². The molecule has 10 heteroatoms. The summed E-state index contributed by atoms with van der Waals surface area (Å²) in [4.78, 5) is 32.3. The summed E-state index contributed by atoms with van der Waals surface area (Å²) in [6.07, 6.45) is 3.27. The number of hydrogen-bond acceptors (Lipinski definition) is 6. The van der Waals surface area contributed by atoms with Crippen molar-refractivity contribution in [2.75, 3.05) is 31.1 Å². The van der Waals surface area contributed by atoms with Crippen molar-refractivity contribution in [1.82, 2.24) is 9.88 Å². The molecule has 2 aliphatic rings. The molecule has 2 fully saturated rings. The van der Waals surface area contributed by atoms with E-state index in [1.54, 1.807) is 42.5 Å². The third-order valence-corrected chi connectivity index (χ3v) is 7.85. The van der Waals surface area contributed by atoms with Crippen LogP contribution in [-0.2, 0) is 17.7 Å². The fourth-order valence-electron chi connectivity index (χ4n) is 5.52. The highest BCUT2D eigenvalue weighted by Crippen LogP contribution is 2.37. The first kappa shape index (κ1) is 29.2. The second-order valence-corrected chi connectivity index (χ2v) is 10.6. The Morgan fingerprint density at radius 1 is 1.10 bits per heavy atom. The van der Waals surface area contributed by atoms with Crippen LogP contribution in [0.25, 0.3) is 11.1 Å². The highest BCUT2D eigenvalue weighted by atomic mass is 19.2. The molecule has 0 unspecified atom stereocenters. The van der Waals surface area contributed by atoms with Gasteiger partial charge >= 0.3 is 12.1 Å². The Morgan fingerprint density at radius 2 is 1.81 bits per heavy atom. The maximum Gasteiger partial charge on any atom is 0.415 e. The Morgan fingerprint density at radius 3 is 2.48 bits per heavy atom. The zero-order valence-electron chi connectivity index (χ0n) is 23.4. The lowest BCUT2D eigenvalue weighted by Crippen LogP contribution is -2.46. The highest BCUT2D eigenvalue weighted by molar-refractivity contribution is 5.92. The van der Waals surface area contributed by atoms with Crippen LogP contribution in [0.5, 0.6) is 5.88 Å². The number of likely N-dealkylation sites (tertiary alicyclic amines) is 1. The average molecular weight is 578 g/mol. The summed E-state index contributed by atoms with van der Waals surface area (Å²) in [7, 11) is 0. The molecule has 1 amide bonds. The minimum atomic E-state index is -1.03. The number of amides is 1. The monoisotopic (exact) mass is 577 g/mol. The third-order valence-electron chi connectivity index (χ3n) is 7.85. The van der Waals surface area contributed by atoms with Crippen LogP contribution >= 0.6 is 0 Å². The average Bonchev–Trinajstić information content (AvgIpc) is 3.31. The van der Waals surface area contributed by atoms with Crippen molar-refractivity contribution in [3.05, 3.63) is 89.6 Å². The molecule has 8 nitrogen and oxygen atoms in total.